The van der Waals surface area contributed by atoms with Crippen LogP contribution in [0.15, 0.2) is 0 Å². The average Bonchev–Trinajstić information content (AvgIpc) is 2.59. The molecule has 5 heteroatoms. The van der Waals surface area contributed by atoms with Gasteiger partial charge in [0.15, 0.2) is 0 Å². The van der Waals surface area contributed by atoms with Gasteiger partial charge in [-0.2, -0.15) is 5.26 Å². The SMILES string of the molecule is Cc1nc(CN2CCNCC2C#N)sc1C. The normalized spacial score (nSPS) is 21.9. The van der Waals surface area contributed by atoms with Crippen LogP contribution in [-0.2, 0) is 6.54 Å². The van der Waals surface area contributed by atoms with Crippen molar-refractivity contribution in [3.05, 3.63) is 15.6 Å². The van der Waals surface area contributed by atoms with Gasteiger partial charge in [-0.1, -0.05) is 0 Å². The van der Waals surface area contributed by atoms with Gasteiger partial charge in [-0.05, 0) is 13.8 Å². The monoisotopic (exact) mass is 236 g/mol. The molecule has 1 unspecified atom stereocenters. The van der Waals surface area contributed by atoms with Gasteiger partial charge < -0.3 is 5.32 Å². The van der Waals surface area contributed by atoms with E-state index in [0.717, 1.165) is 36.9 Å². The van der Waals surface area contributed by atoms with Crippen molar-refractivity contribution in [2.45, 2.75) is 26.4 Å². The van der Waals surface area contributed by atoms with Crippen LogP contribution in [0.2, 0.25) is 0 Å². The summed E-state index contributed by atoms with van der Waals surface area (Å²) in [5.41, 5.74) is 1.11. The highest BCUT2D eigenvalue weighted by Crippen LogP contribution is 2.19. The number of hydrogen-bond acceptors (Lipinski definition) is 5. The highest BCUT2D eigenvalue weighted by molar-refractivity contribution is 7.11. The van der Waals surface area contributed by atoms with E-state index < -0.39 is 0 Å². The van der Waals surface area contributed by atoms with Gasteiger partial charge in [0, 0.05) is 24.5 Å². The Hall–Kier alpha value is -0.960. The first-order valence-corrected chi connectivity index (χ1v) is 6.29. The number of nitriles is 1. The number of nitrogens with one attached hydrogen (secondary N) is 1. The summed E-state index contributed by atoms with van der Waals surface area (Å²) in [4.78, 5) is 8.00. The van der Waals surface area contributed by atoms with Crippen LogP contribution >= 0.6 is 11.3 Å². The quantitative estimate of drug-likeness (QED) is 0.834. The van der Waals surface area contributed by atoms with Gasteiger partial charge >= 0.3 is 0 Å². The van der Waals surface area contributed by atoms with Crippen LogP contribution in [0.5, 0.6) is 0 Å². The largest absolute Gasteiger partial charge is 0.313 e. The zero-order valence-corrected chi connectivity index (χ0v) is 10.5. The van der Waals surface area contributed by atoms with Gasteiger partial charge in [-0.15, -0.1) is 11.3 Å². The molecular formula is C11H16N4S. The number of thiazole rings is 1. The van der Waals surface area contributed by atoms with Crippen molar-refractivity contribution in [1.82, 2.24) is 15.2 Å². The van der Waals surface area contributed by atoms with E-state index in [0.29, 0.717) is 0 Å². The highest BCUT2D eigenvalue weighted by Gasteiger charge is 2.22. The zero-order valence-electron chi connectivity index (χ0n) is 9.66. The molecule has 0 aliphatic carbocycles. The number of hydrogen-bond donors (Lipinski definition) is 1. The molecule has 0 amide bonds. The van der Waals surface area contributed by atoms with E-state index in [1.807, 2.05) is 6.92 Å². The van der Waals surface area contributed by atoms with E-state index in [9.17, 15) is 0 Å². The summed E-state index contributed by atoms with van der Waals surface area (Å²) in [5.74, 6) is 0. The van der Waals surface area contributed by atoms with Crippen LogP contribution in [0, 0.1) is 25.2 Å². The summed E-state index contributed by atoms with van der Waals surface area (Å²) in [5, 5.41) is 13.4. The number of aryl methyl sites for hydroxylation is 2. The molecule has 1 aromatic rings. The molecule has 1 atom stereocenters. The first-order chi connectivity index (χ1) is 7.70. The van der Waals surface area contributed by atoms with Crippen LogP contribution in [-0.4, -0.2) is 35.6 Å². The van der Waals surface area contributed by atoms with E-state index >= 15 is 0 Å². The molecule has 0 saturated carbocycles. The van der Waals surface area contributed by atoms with Crippen LogP contribution in [0.25, 0.3) is 0 Å². The van der Waals surface area contributed by atoms with Crippen LogP contribution < -0.4 is 5.32 Å². The Kier molecular flexibility index (Phi) is 3.54. The Bertz CT molecular complexity index is 387. The molecule has 1 N–H and O–H groups in total. The summed E-state index contributed by atoms with van der Waals surface area (Å²) in [6.45, 7) is 7.58. The molecule has 1 fully saturated rings. The molecule has 0 spiro atoms. The smallest absolute Gasteiger partial charge is 0.111 e. The number of aromatic nitrogens is 1. The first-order valence-electron chi connectivity index (χ1n) is 5.48. The Morgan fingerprint density at radius 2 is 2.44 bits per heavy atom. The molecule has 0 aromatic carbocycles. The molecule has 1 aliphatic rings. The fourth-order valence-electron chi connectivity index (χ4n) is 1.84. The average molecular weight is 236 g/mol. The van der Waals surface area contributed by atoms with E-state index in [-0.39, 0.29) is 6.04 Å². The lowest BCUT2D eigenvalue weighted by Gasteiger charge is -2.30. The summed E-state index contributed by atoms with van der Waals surface area (Å²) in [7, 11) is 0. The van der Waals surface area contributed by atoms with Crippen molar-refractivity contribution >= 4 is 11.3 Å². The lowest BCUT2D eigenvalue weighted by Crippen LogP contribution is -2.49. The standard InChI is InChI=1S/C11H16N4S/c1-8-9(2)16-11(14-8)7-15-4-3-13-6-10(15)5-12/h10,13H,3-4,6-7H2,1-2H3. The maximum Gasteiger partial charge on any atom is 0.111 e. The van der Waals surface area contributed by atoms with Gasteiger partial charge in [0.05, 0.1) is 18.3 Å². The maximum atomic E-state index is 9.05. The summed E-state index contributed by atoms with van der Waals surface area (Å²) in [6, 6.07) is 2.32. The lowest BCUT2D eigenvalue weighted by atomic mass is 10.2. The molecular weight excluding hydrogens is 220 g/mol. The minimum Gasteiger partial charge on any atom is -0.313 e. The van der Waals surface area contributed by atoms with Crippen LogP contribution in [0.4, 0.5) is 0 Å². The predicted octanol–water partition coefficient (Wildman–Crippen LogP) is 1.06. The highest BCUT2D eigenvalue weighted by atomic mass is 32.1. The maximum absolute atomic E-state index is 9.05. The third kappa shape index (κ3) is 2.40. The predicted molar refractivity (Wildman–Crippen MR) is 64.3 cm³/mol. The molecule has 1 saturated heterocycles. The van der Waals surface area contributed by atoms with Crippen molar-refractivity contribution in [3.8, 4) is 6.07 Å². The lowest BCUT2D eigenvalue weighted by molar-refractivity contribution is 0.189. The fourth-order valence-corrected chi connectivity index (χ4v) is 2.80. The molecule has 1 aliphatic heterocycles. The second-order valence-corrected chi connectivity index (χ2v) is 5.36. The third-order valence-electron chi connectivity index (χ3n) is 2.91. The Balaban J connectivity index is 2.05. The van der Waals surface area contributed by atoms with Gasteiger partial charge in [-0.25, -0.2) is 4.98 Å². The van der Waals surface area contributed by atoms with Crippen LogP contribution in [0.1, 0.15) is 15.6 Å². The molecule has 86 valence electrons. The molecule has 2 heterocycles. The minimum absolute atomic E-state index is 0.0155. The second kappa shape index (κ2) is 4.91. The summed E-state index contributed by atoms with van der Waals surface area (Å²) in [6.07, 6.45) is 0. The van der Waals surface area contributed by atoms with Gasteiger partial charge in [-0.3, -0.25) is 4.90 Å². The van der Waals surface area contributed by atoms with Crippen molar-refractivity contribution in [2.75, 3.05) is 19.6 Å². The van der Waals surface area contributed by atoms with Gasteiger partial charge in [0.2, 0.25) is 0 Å². The number of nitrogens with zero attached hydrogens (tertiary/aromatic N) is 3. The van der Waals surface area contributed by atoms with Crippen molar-refractivity contribution in [1.29, 1.82) is 5.26 Å². The van der Waals surface area contributed by atoms with Crippen LogP contribution in [0.3, 0.4) is 0 Å². The number of rotatable bonds is 2. The van der Waals surface area contributed by atoms with E-state index in [1.54, 1.807) is 11.3 Å². The van der Waals surface area contributed by atoms with Crippen molar-refractivity contribution in [2.24, 2.45) is 0 Å². The van der Waals surface area contributed by atoms with E-state index in [1.165, 1.54) is 4.88 Å². The Morgan fingerprint density at radius 3 is 3.06 bits per heavy atom. The second-order valence-electron chi connectivity index (χ2n) is 4.07. The molecule has 1 aromatic heterocycles. The molecule has 2 rings (SSSR count). The Morgan fingerprint density at radius 1 is 1.62 bits per heavy atom. The van der Waals surface area contributed by atoms with E-state index in [2.05, 4.69) is 28.2 Å². The van der Waals surface area contributed by atoms with Gasteiger partial charge in [0.25, 0.3) is 0 Å². The van der Waals surface area contributed by atoms with Crippen molar-refractivity contribution < 1.29 is 0 Å². The Labute approximate surface area is 99.9 Å². The van der Waals surface area contributed by atoms with E-state index in [4.69, 9.17) is 5.26 Å². The molecule has 0 bridgehead atoms. The van der Waals surface area contributed by atoms with Gasteiger partial charge in [0.1, 0.15) is 11.0 Å². The third-order valence-corrected chi connectivity index (χ3v) is 3.97. The number of piperazine rings is 1. The first kappa shape index (κ1) is 11.5. The molecule has 4 nitrogen and oxygen atoms in total. The summed E-state index contributed by atoms with van der Waals surface area (Å²) >= 11 is 1.74. The summed E-state index contributed by atoms with van der Waals surface area (Å²) < 4.78 is 0. The zero-order chi connectivity index (χ0) is 11.5. The molecule has 16 heavy (non-hydrogen) atoms. The molecule has 0 radical (unpaired) electrons. The fraction of sp³-hybridized carbons (Fsp3) is 0.636. The minimum atomic E-state index is -0.0155. The topological polar surface area (TPSA) is 52.0 Å². The van der Waals surface area contributed by atoms with Crippen molar-refractivity contribution in [3.63, 3.8) is 0 Å².